The van der Waals surface area contributed by atoms with Crippen LogP contribution in [0.5, 0.6) is 0 Å². The summed E-state index contributed by atoms with van der Waals surface area (Å²) in [5, 5.41) is 0. The summed E-state index contributed by atoms with van der Waals surface area (Å²) >= 11 is -2.44. The Balaban J connectivity index is 2.71. The topological polar surface area (TPSA) is 18.5 Å². The second-order valence-electron chi connectivity index (χ2n) is 10.4. The molecule has 0 radical (unpaired) electrons. The molecular weight excluding hydrogens is 535 g/mol. The van der Waals surface area contributed by atoms with E-state index in [9.17, 15) is 0 Å². The van der Waals surface area contributed by atoms with Gasteiger partial charge in [0.2, 0.25) is 0 Å². The molecule has 0 amide bonds. The van der Waals surface area contributed by atoms with Gasteiger partial charge < -0.3 is 0 Å². The van der Waals surface area contributed by atoms with Crippen LogP contribution in [0.25, 0.3) is 0 Å². The van der Waals surface area contributed by atoms with E-state index in [4.69, 9.17) is 9.47 Å². The van der Waals surface area contributed by atoms with Gasteiger partial charge in [0, 0.05) is 0 Å². The van der Waals surface area contributed by atoms with Crippen molar-refractivity contribution in [3.63, 3.8) is 0 Å². The summed E-state index contributed by atoms with van der Waals surface area (Å²) < 4.78 is 17.8. The number of hydrogen-bond acceptors (Lipinski definition) is 2. The molecule has 0 bridgehead atoms. The summed E-state index contributed by atoms with van der Waals surface area (Å²) in [6.45, 7) is 13.1. The third-order valence-electron chi connectivity index (χ3n) is 7.21. The Labute approximate surface area is 223 Å². The first-order valence-corrected chi connectivity index (χ1v) is 22.6. The monoisotopic (exact) mass is 592 g/mol. The first kappa shape index (κ1) is 32.5. The third-order valence-corrected chi connectivity index (χ3v) is 23.9. The number of unbranched alkanes of at least 4 members (excludes halogenated alkanes) is 6. The van der Waals surface area contributed by atoms with Crippen LogP contribution in [-0.2, 0) is 16.1 Å². The van der Waals surface area contributed by atoms with Crippen LogP contribution in [0.15, 0.2) is 30.3 Å². The zero-order valence-electron chi connectivity index (χ0n) is 23.9. The van der Waals surface area contributed by atoms with Crippen molar-refractivity contribution in [2.45, 2.75) is 142 Å². The number of ether oxygens (including phenoxy) is 2. The van der Waals surface area contributed by atoms with Crippen molar-refractivity contribution in [2.75, 3.05) is 6.61 Å². The SMILES string of the molecule is CCCCC[C@H](O[C@@H](C)C#CCCCOCc1ccccc1)[Sn]([CH2]CCC)([CH2]CCC)[CH2]CCC. The van der Waals surface area contributed by atoms with E-state index in [0.29, 0.717) is 10.7 Å². The van der Waals surface area contributed by atoms with E-state index in [1.807, 2.05) is 6.07 Å². The van der Waals surface area contributed by atoms with Crippen molar-refractivity contribution in [2.24, 2.45) is 0 Å². The van der Waals surface area contributed by atoms with Crippen molar-refractivity contribution in [3.8, 4) is 11.8 Å². The first-order chi connectivity index (χ1) is 17.1. The van der Waals surface area contributed by atoms with Crippen LogP contribution < -0.4 is 0 Å². The fraction of sp³-hybridized carbons (Fsp3) is 0.750. The number of hydrogen-bond donors (Lipinski definition) is 0. The standard InChI is InChI=1S/C20H29O2.3C4H9.Sn/c1-3-4-5-12-17-22-19(2)13-8-7-11-16-21-18-20-14-9-6-10-15-20;3*1-3-4-2;/h6,9-10,14-15,17,19H,3-5,7,11-12,16,18H2,1-2H3;3*1,3-4H2,2H3;/t19-;;;;/m0..../s1. The van der Waals surface area contributed by atoms with Gasteiger partial charge in [0.1, 0.15) is 0 Å². The van der Waals surface area contributed by atoms with E-state index < -0.39 is 18.4 Å². The molecular formula is C32H56O2Sn. The van der Waals surface area contributed by atoms with E-state index in [1.54, 1.807) is 0 Å². The Hall–Kier alpha value is -0.501. The van der Waals surface area contributed by atoms with Crippen molar-refractivity contribution in [1.29, 1.82) is 0 Å². The van der Waals surface area contributed by atoms with Gasteiger partial charge in [-0.2, -0.15) is 0 Å². The van der Waals surface area contributed by atoms with Gasteiger partial charge in [0.15, 0.2) is 0 Å². The summed E-state index contributed by atoms with van der Waals surface area (Å²) in [6.07, 6.45) is 15.3. The molecule has 0 spiro atoms. The zero-order chi connectivity index (χ0) is 25.6. The van der Waals surface area contributed by atoms with Crippen LogP contribution in [0.4, 0.5) is 0 Å². The van der Waals surface area contributed by atoms with Crippen LogP contribution in [0.3, 0.4) is 0 Å². The van der Waals surface area contributed by atoms with E-state index >= 15 is 0 Å². The predicted octanol–water partition coefficient (Wildman–Crippen LogP) is 9.73. The normalized spacial score (nSPS) is 13.3. The van der Waals surface area contributed by atoms with E-state index in [-0.39, 0.29) is 6.10 Å². The molecule has 2 nitrogen and oxygen atoms in total. The van der Waals surface area contributed by atoms with Crippen LogP contribution in [0.2, 0.25) is 13.3 Å². The molecule has 1 aromatic rings. The Morgan fingerprint density at radius 3 is 1.94 bits per heavy atom. The number of benzene rings is 1. The average Bonchev–Trinajstić information content (AvgIpc) is 2.88. The Morgan fingerprint density at radius 1 is 0.771 bits per heavy atom. The summed E-state index contributed by atoms with van der Waals surface area (Å²) in [6, 6.07) is 10.4. The van der Waals surface area contributed by atoms with Gasteiger partial charge in [-0.25, -0.2) is 0 Å². The quantitative estimate of drug-likeness (QED) is 0.0805. The molecule has 0 N–H and O–H groups in total. The Kier molecular flexibility index (Phi) is 20.0. The van der Waals surface area contributed by atoms with Crippen LogP contribution in [0, 0.1) is 11.8 Å². The van der Waals surface area contributed by atoms with Gasteiger partial charge in [-0.3, -0.25) is 0 Å². The Bertz CT molecular complexity index is 641. The van der Waals surface area contributed by atoms with Crippen LogP contribution in [-0.4, -0.2) is 35.2 Å². The fourth-order valence-electron chi connectivity index (χ4n) is 5.07. The Morgan fingerprint density at radius 2 is 1.37 bits per heavy atom. The fourth-order valence-corrected chi connectivity index (χ4v) is 22.8. The molecule has 1 rings (SSSR count). The molecule has 3 heteroatoms. The van der Waals surface area contributed by atoms with Gasteiger partial charge in [0.25, 0.3) is 0 Å². The molecule has 0 fully saturated rings. The van der Waals surface area contributed by atoms with Gasteiger partial charge >= 0.3 is 206 Å². The molecule has 200 valence electrons. The minimum atomic E-state index is -2.44. The van der Waals surface area contributed by atoms with E-state index in [0.717, 1.165) is 19.4 Å². The molecule has 35 heavy (non-hydrogen) atoms. The van der Waals surface area contributed by atoms with E-state index in [1.165, 1.54) is 83.1 Å². The predicted molar refractivity (Wildman–Crippen MR) is 156 cm³/mol. The zero-order valence-corrected chi connectivity index (χ0v) is 26.7. The van der Waals surface area contributed by atoms with Gasteiger partial charge in [-0.1, -0.05) is 18.2 Å². The van der Waals surface area contributed by atoms with Crippen molar-refractivity contribution in [3.05, 3.63) is 35.9 Å². The van der Waals surface area contributed by atoms with Crippen LogP contribution >= 0.6 is 0 Å². The molecule has 0 heterocycles. The maximum absolute atomic E-state index is 6.93. The maximum atomic E-state index is 6.93. The molecule has 0 aliphatic carbocycles. The second kappa shape index (κ2) is 21.6. The molecule has 0 saturated carbocycles. The summed E-state index contributed by atoms with van der Waals surface area (Å²) in [5.74, 6) is 6.86. The summed E-state index contributed by atoms with van der Waals surface area (Å²) in [7, 11) is 0. The van der Waals surface area contributed by atoms with Crippen molar-refractivity contribution in [1.82, 2.24) is 0 Å². The minimum absolute atomic E-state index is 0.0489. The van der Waals surface area contributed by atoms with Gasteiger partial charge in [0.05, 0.1) is 0 Å². The summed E-state index contributed by atoms with van der Waals surface area (Å²) in [4.78, 5) is 0. The first-order valence-electron chi connectivity index (χ1n) is 14.9. The molecule has 0 unspecified atom stereocenters. The van der Waals surface area contributed by atoms with E-state index in [2.05, 4.69) is 70.7 Å². The molecule has 1 aromatic carbocycles. The molecule has 0 aliphatic rings. The number of rotatable bonds is 21. The van der Waals surface area contributed by atoms with Crippen molar-refractivity contribution < 1.29 is 9.47 Å². The second-order valence-corrected chi connectivity index (χ2v) is 24.3. The van der Waals surface area contributed by atoms with Crippen molar-refractivity contribution >= 4 is 18.4 Å². The molecule has 2 atom stereocenters. The van der Waals surface area contributed by atoms with Crippen LogP contribution in [0.1, 0.15) is 117 Å². The van der Waals surface area contributed by atoms with Gasteiger partial charge in [-0.15, -0.1) is 0 Å². The molecule has 0 aromatic heterocycles. The summed E-state index contributed by atoms with van der Waals surface area (Å²) in [5.41, 5.74) is 1.23. The van der Waals surface area contributed by atoms with Gasteiger partial charge in [-0.05, 0) is 0 Å². The molecule has 0 saturated heterocycles. The average molecular weight is 592 g/mol. The third kappa shape index (κ3) is 14.7. The molecule has 0 aliphatic heterocycles.